The Kier molecular flexibility index (Phi) is 9.83. The second kappa shape index (κ2) is 14.7. The van der Waals surface area contributed by atoms with Crippen LogP contribution in [-0.2, 0) is 9.59 Å². The Hall–Kier alpha value is -5.86. The minimum Gasteiger partial charge on any atom is -0.457 e. The Morgan fingerprint density at radius 1 is 0.729 bits per heavy atom. The molecule has 0 fully saturated rings. The van der Waals surface area contributed by atoms with E-state index in [-0.39, 0.29) is 16.9 Å². The third-order valence-corrected chi connectivity index (χ3v) is 8.73. The molecule has 0 aliphatic rings. The second-order valence-electron chi connectivity index (χ2n) is 11.2. The largest absolute Gasteiger partial charge is 0.457 e. The molecule has 238 valence electrons. The van der Waals surface area contributed by atoms with Crippen LogP contribution in [0.3, 0.4) is 0 Å². The number of rotatable bonds is 10. The number of hydrogen-bond acceptors (Lipinski definition) is 5. The highest BCUT2D eigenvalue weighted by Gasteiger charge is 2.18. The van der Waals surface area contributed by atoms with Crippen molar-refractivity contribution in [1.29, 1.82) is 0 Å². The lowest BCUT2D eigenvalue weighted by Gasteiger charge is -2.14. The van der Waals surface area contributed by atoms with Crippen LogP contribution < -0.4 is 16.0 Å². The minimum atomic E-state index is -0.518. The fourth-order valence-corrected chi connectivity index (χ4v) is 5.90. The molecule has 1 atom stereocenters. The molecule has 8 heteroatoms. The van der Waals surface area contributed by atoms with Gasteiger partial charge in [-0.25, -0.2) is 0 Å². The van der Waals surface area contributed by atoms with E-state index in [1.165, 1.54) is 17.8 Å². The molecule has 0 bridgehead atoms. The molecule has 1 unspecified atom stereocenters. The van der Waals surface area contributed by atoms with Crippen LogP contribution in [0.4, 0.5) is 11.4 Å². The summed E-state index contributed by atoms with van der Waals surface area (Å²) in [4.78, 5) is 40.5. The number of anilines is 2. The van der Waals surface area contributed by atoms with Crippen LogP contribution in [0.5, 0.6) is 0 Å². The lowest BCUT2D eigenvalue weighted by atomic mass is 10.1. The first kappa shape index (κ1) is 32.1. The second-order valence-corrected chi connectivity index (χ2v) is 12.6. The van der Waals surface area contributed by atoms with Crippen molar-refractivity contribution in [3.8, 4) is 11.3 Å². The molecule has 0 aliphatic carbocycles. The highest BCUT2D eigenvalue weighted by Crippen LogP contribution is 2.28. The normalized spacial score (nSPS) is 11.9. The molecule has 0 saturated heterocycles. The van der Waals surface area contributed by atoms with Gasteiger partial charge in [0.2, 0.25) is 5.91 Å². The van der Waals surface area contributed by atoms with Crippen LogP contribution in [-0.4, -0.2) is 23.0 Å². The third kappa shape index (κ3) is 7.92. The van der Waals surface area contributed by atoms with Crippen LogP contribution >= 0.6 is 11.8 Å². The van der Waals surface area contributed by atoms with Crippen molar-refractivity contribution in [3.05, 3.63) is 156 Å². The van der Waals surface area contributed by atoms with Gasteiger partial charge in [-0.15, -0.1) is 11.8 Å². The fourth-order valence-electron chi connectivity index (χ4n) is 5.03. The van der Waals surface area contributed by atoms with Crippen LogP contribution in [0.25, 0.3) is 28.2 Å². The molecule has 3 N–H and O–H groups in total. The number of amides is 3. The van der Waals surface area contributed by atoms with Crippen LogP contribution in [0.2, 0.25) is 0 Å². The van der Waals surface area contributed by atoms with Crippen molar-refractivity contribution in [1.82, 2.24) is 5.32 Å². The van der Waals surface area contributed by atoms with Crippen molar-refractivity contribution in [2.24, 2.45) is 0 Å². The number of benzene rings is 5. The first-order chi connectivity index (χ1) is 23.3. The zero-order valence-corrected chi connectivity index (χ0v) is 27.2. The van der Waals surface area contributed by atoms with Gasteiger partial charge in [-0.05, 0) is 73.8 Å². The molecule has 1 heterocycles. The molecule has 5 aromatic carbocycles. The maximum atomic E-state index is 13.5. The molecular weight excluding hydrogens is 619 g/mol. The summed E-state index contributed by atoms with van der Waals surface area (Å²) in [5.41, 5.74) is 3.76. The van der Waals surface area contributed by atoms with E-state index in [0.29, 0.717) is 22.8 Å². The molecular formula is C40H33N3O4S. The third-order valence-electron chi connectivity index (χ3n) is 7.62. The molecule has 48 heavy (non-hydrogen) atoms. The van der Waals surface area contributed by atoms with Gasteiger partial charge in [-0.2, -0.15) is 0 Å². The van der Waals surface area contributed by atoms with E-state index in [2.05, 4.69) is 16.0 Å². The summed E-state index contributed by atoms with van der Waals surface area (Å²) in [5, 5.41) is 10.3. The molecule has 0 saturated carbocycles. The lowest BCUT2D eigenvalue weighted by molar-refractivity contribution is -0.115. The van der Waals surface area contributed by atoms with Crippen LogP contribution in [0, 0.1) is 6.92 Å². The number of hydrogen-bond donors (Lipinski definition) is 3. The smallest absolute Gasteiger partial charge is 0.272 e. The van der Waals surface area contributed by atoms with E-state index < -0.39 is 11.8 Å². The van der Waals surface area contributed by atoms with Gasteiger partial charge >= 0.3 is 0 Å². The summed E-state index contributed by atoms with van der Waals surface area (Å²) in [6.45, 7) is 3.87. The number of fused-ring (bicyclic) bond motifs is 1. The van der Waals surface area contributed by atoms with Gasteiger partial charge in [0.25, 0.3) is 11.8 Å². The SMILES string of the molecule is Cc1ccc(-c2ccc(C=C(NC(=O)c3ccccc3)C(=O)Nc3ccc(SC(C)C(=O)Nc4cccc5ccccc45)cc3)o2)cc1. The van der Waals surface area contributed by atoms with E-state index in [1.54, 1.807) is 42.5 Å². The molecule has 1 aromatic heterocycles. The average molecular weight is 652 g/mol. The molecule has 7 nitrogen and oxygen atoms in total. The van der Waals surface area contributed by atoms with Gasteiger partial charge in [0, 0.05) is 38.9 Å². The van der Waals surface area contributed by atoms with E-state index in [1.807, 2.05) is 105 Å². The lowest BCUT2D eigenvalue weighted by Crippen LogP contribution is -2.30. The van der Waals surface area contributed by atoms with Gasteiger partial charge < -0.3 is 20.4 Å². The van der Waals surface area contributed by atoms with Crippen LogP contribution in [0.15, 0.2) is 148 Å². The topological polar surface area (TPSA) is 100 Å². The molecule has 0 radical (unpaired) electrons. The first-order valence-corrected chi connectivity index (χ1v) is 16.3. The predicted molar refractivity (Wildman–Crippen MR) is 194 cm³/mol. The molecule has 0 aliphatic heterocycles. The summed E-state index contributed by atoms with van der Waals surface area (Å²) in [6, 6.07) is 41.1. The number of aryl methyl sites for hydroxylation is 1. The number of furan rings is 1. The quantitative estimate of drug-likeness (QED) is 0.101. The van der Waals surface area contributed by atoms with E-state index in [0.717, 1.165) is 32.5 Å². The van der Waals surface area contributed by atoms with E-state index in [4.69, 9.17) is 4.42 Å². The molecule has 6 rings (SSSR count). The predicted octanol–water partition coefficient (Wildman–Crippen LogP) is 8.94. The maximum absolute atomic E-state index is 13.5. The van der Waals surface area contributed by atoms with Gasteiger partial charge in [0.15, 0.2) is 0 Å². The van der Waals surface area contributed by atoms with Crippen molar-refractivity contribution in [3.63, 3.8) is 0 Å². The zero-order chi connectivity index (χ0) is 33.5. The number of nitrogens with one attached hydrogen (secondary N) is 3. The highest BCUT2D eigenvalue weighted by molar-refractivity contribution is 8.00. The Balaban J connectivity index is 1.14. The molecule has 3 amide bonds. The number of thioether (sulfide) groups is 1. The Morgan fingerprint density at radius 3 is 2.21 bits per heavy atom. The number of carbonyl (C=O) groups excluding carboxylic acids is 3. The molecule has 0 spiro atoms. The Morgan fingerprint density at radius 2 is 1.44 bits per heavy atom. The van der Waals surface area contributed by atoms with Crippen molar-refractivity contribution in [2.45, 2.75) is 24.0 Å². The Labute approximate surface area is 283 Å². The monoisotopic (exact) mass is 651 g/mol. The minimum absolute atomic E-state index is 0.0193. The summed E-state index contributed by atoms with van der Waals surface area (Å²) < 4.78 is 6.02. The van der Waals surface area contributed by atoms with Gasteiger partial charge in [0.1, 0.15) is 17.2 Å². The standard InChI is InChI=1S/C40H33N3O4S/c1-26-15-17-29(18-16-26)37-24-21-32(47-37)25-36(43-39(45)30-10-4-3-5-11-30)40(46)41-31-19-22-33(23-20-31)48-27(2)38(44)42-35-14-8-12-28-9-6-7-13-34(28)35/h3-25,27H,1-2H3,(H,41,46)(H,42,44)(H,43,45). The van der Waals surface area contributed by atoms with E-state index >= 15 is 0 Å². The summed E-state index contributed by atoms with van der Waals surface area (Å²) in [6.07, 6.45) is 1.51. The van der Waals surface area contributed by atoms with Gasteiger partial charge in [-0.1, -0.05) is 84.4 Å². The summed E-state index contributed by atoms with van der Waals surface area (Å²) in [7, 11) is 0. The van der Waals surface area contributed by atoms with Crippen molar-refractivity contribution < 1.29 is 18.8 Å². The Bertz CT molecular complexity index is 2100. The number of carbonyl (C=O) groups is 3. The van der Waals surface area contributed by atoms with Crippen LogP contribution in [0.1, 0.15) is 28.6 Å². The van der Waals surface area contributed by atoms with Gasteiger partial charge in [-0.3, -0.25) is 14.4 Å². The zero-order valence-electron chi connectivity index (χ0n) is 26.4. The summed E-state index contributed by atoms with van der Waals surface area (Å²) >= 11 is 1.41. The van der Waals surface area contributed by atoms with Gasteiger partial charge in [0.05, 0.1) is 5.25 Å². The summed E-state index contributed by atoms with van der Waals surface area (Å²) in [5.74, 6) is -0.00290. The van der Waals surface area contributed by atoms with E-state index in [9.17, 15) is 14.4 Å². The van der Waals surface area contributed by atoms with Crippen molar-refractivity contribution in [2.75, 3.05) is 10.6 Å². The first-order valence-electron chi connectivity index (χ1n) is 15.4. The molecule has 6 aromatic rings. The maximum Gasteiger partial charge on any atom is 0.272 e. The fraction of sp³-hybridized carbons (Fsp3) is 0.0750. The average Bonchev–Trinajstić information content (AvgIpc) is 3.58. The highest BCUT2D eigenvalue weighted by atomic mass is 32.2. The van der Waals surface area contributed by atoms with Crippen molar-refractivity contribution >= 4 is 57.7 Å².